The molecule has 7 heteroatoms. The van der Waals surface area contributed by atoms with E-state index in [1.54, 1.807) is 12.4 Å². The highest BCUT2D eigenvalue weighted by Gasteiger charge is 2.26. The first-order valence-electron chi connectivity index (χ1n) is 5.57. The molecule has 18 heavy (non-hydrogen) atoms. The molecule has 0 aliphatic carbocycles. The summed E-state index contributed by atoms with van der Waals surface area (Å²) in [6.45, 7) is 6.47. The van der Waals surface area contributed by atoms with E-state index in [2.05, 4.69) is 25.1 Å². The summed E-state index contributed by atoms with van der Waals surface area (Å²) in [5.41, 5.74) is 1.48. The fraction of sp³-hybridized carbons (Fsp3) is 0.455. The van der Waals surface area contributed by atoms with Crippen LogP contribution in [0.2, 0.25) is 0 Å². The summed E-state index contributed by atoms with van der Waals surface area (Å²) < 4.78 is 3.87. The van der Waals surface area contributed by atoms with Gasteiger partial charge in [0.15, 0.2) is 0 Å². The van der Waals surface area contributed by atoms with E-state index in [0.717, 1.165) is 22.8 Å². The smallest absolute Gasteiger partial charge is 0.265 e. The molecule has 0 aliphatic rings. The van der Waals surface area contributed by atoms with E-state index in [9.17, 15) is 4.79 Å². The third-order valence-electron chi connectivity index (χ3n) is 2.41. The molecular formula is C11H15N5OS. The van der Waals surface area contributed by atoms with Crippen LogP contribution in [0.15, 0.2) is 12.4 Å². The number of H-pyrrole nitrogens is 1. The normalized spacial score (nSPS) is 11.5. The first-order valence-corrected chi connectivity index (χ1v) is 6.34. The molecule has 0 saturated carbocycles. The van der Waals surface area contributed by atoms with Crippen LogP contribution in [0.5, 0.6) is 0 Å². The summed E-state index contributed by atoms with van der Waals surface area (Å²) in [5.74, 6) is -0.142. The Morgan fingerprint density at radius 3 is 2.89 bits per heavy atom. The second-order valence-electron chi connectivity index (χ2n) is 4.99. The van der Waals surface area contributed by atoms with Crippen molar-refractivity contribution >= 4 is 17.4 Å². The van der Waals surface area contributed by atoms with Gasteiger partial charge in [-0.05, 0) is 11.5 Å². The molecule has 2 N–H and O–H groups in total. The monoisotopic (exact) mass is 265 g/mol. The first-order chi connectivity index (χ1) is 8.48. The van der Waals surface area contributed by atoms with Crippen molar-refractivity contribution in [1.29, 1.82) is 0 Å². The van der Waals surface area contributed by atoms with Crippen molar-refractivity contribution in [2.45, 2.75) is 32.7 Å². The average Bonchev–Trinajstić information content (AvgIpc) is 2.95. The fourth-order valence-electron chi connectivity index (χ4n) is 1.47. The lowest BCUT2D eigenvalue weighted by Crippen LogP contribution is -2.25. The minimum atomic E-state index is -0.185. The quantitative estimate of drug-likeness (QED) is 0.880. The first kappa shape index (κ1) is 12.7. The lowest BCUT2D eigenvalue weighted by molar-refractivity contribution is 0.0952. The van der Waals surface area contributed by atoms with Gasteiger partial charge in [0.2, 0.25) is 0 Å². The predicted octanol–water partition coefficient (Wildman–Crippen LogP) is 1.49. The van der Waals surface area contributed by atoms with Crippen LogP contribution in [0.1, 0.15) is 41.7 Å². The second kappa shape index (κ2) is 4.85. The van der Waals surface area contributed by atoms with Crippen LogP contribution in [0.3, 0.4) is 0 Å². The van der Waals surface area contributed by atoms with E-state index in [1.165, 1.54) is 0 Å². The predicted molar refractivity (Wildman–Crippen MR) is 68.4 cm³/mol. The third kappa shape index (κ3) is 2.73. The van der Waals surface area contributed by atoms with Gasteiger partial charge in [-0.25, -0.2) is 0 Å². The summed E-state index contributed by atoms with van der Waals surface area (Å²) >= 11 is 1.13. The summed E-state index contributed by atoms with van der Waals surface area (Å²) in [6, 6.07) is 0. The molecule has 0 bridgehead atoms. The van der Waals surface area contributed by atoms with Gasteiger partial charge in [-0.15, -0.1) is 5.10 Å². The zero-order valence-corrected chi connectivity index (χ0v) is 11.3. The van der Waals surface area contributed by atoms with Crippen LogP contribution in [0.25, 0.3) is 0 Å². The van der Waals surface area contributed by atoms with Gasteiger partial charge in [0.25, 0.3) is 5.91 Å². The number of carbonyl (C=O) groups is 1. The van der Waals surface area contributed by atoms with E-state index in [-0.39, 0.29) is 11.3 Å². The maximum Gasteiger partial charge on any atom is 0.265 e. The number of aromatic nitrogens is 4. The van der Waals surface area contributed by atoms with Gasteiger partial charge in [-0.2, -0.15) is 5.10 Å². The van der Waals surface area contributed by atoms with Gasteiger partial charge in [-0.1, -0.05) is 25.3 Å². The highest BCUT2D eigenvalue weighted by atomic mass is 32.1. The summed E-state index contributed by atoms with van der Waals surface area (Å²) in [7, 11) is 0. The summed E-state index contributed by atoms with van der Waals surface area (Å²) in [4.78, 5) is 12.6. The van der Waals surface area contributed by atoms with Crippen molar-refractivity contribution in [2.75, 3.05) is 0 Å². The zero-order chi connectivity index (χ0) is 13.2. The molecule has 6 nitrogen and oxygen atoms in total. The number of hydrogen-bond acceptors (Lipinski definition) is 5. The number of aromatic amines is 1. The molecule has 0 aliphatic heterocycles. The molecule has 2 aromatic rings. The molecule has 0 aromatic carbocycles. The Bertz CT molecular complexity index is 526. The van der Waals surface area contributed by atoms with Crippen LogP contribution in [-0.4, -0.2) is 25.7 Å². The van der Waals surface area contributed by atoms with Crippen molar-refractivity contribution in [3.63, 3.8) is 0 Å². The lowest BCUT2D eigenvalue weighted by atomic mass is 9.91. The molecule has 0 atom stereocenters. The molecule has 1 amide bonds. The number of amides is 1. The maximum atomic E-state index is 12.1. The van der Waals surface area contributed by atoms with Crippen LogP contribution >= 0.6 is 11.5 Å². The molecule has 0 unspecified atom stereocenters. The van der Waals surface area contributed by atoms with E-state index < -0.39 is 0 Å². The average molecular weight is 265 g/mol. The highest BCUT2D eigenvalue weighted by molar-refractivity contribution is 7.08. The van der Waals surface area contributed by atoms with Crippen LogP contribution in [0.4, 0.5) is 0 Å². The van der Waals surface area contributed by atoms with Crippen molar-refractivity contribution in [3.05, 3.63) is 28.5 Å². The third-order valence-corrected chi connectivity index (χ3v) is 3.14. The van der Waals surface area contributed by atoms with E-state index in [1.807, 2.05) is 20.8 Å². The molecule has 2 aromatic heterocycles. The van der Waals surface area contributed by atoms with Gasteiger partial charge in [-0.3, -0.25) is 9.89 Å². The summed E-state index contributed by atoms with van der Waals surface area (Å²) in [6.07, 6.45) is 3.42. The molecule has 0 saturated heterocycles. The van der Waals surface area contributed by atoms with Crippen LogP contribution in [-0.2, 0) is 12.0 Å². The number of hydrogen-bond donors (Lipinski definition) is 2. The number of carbonyl (C=O) groups excluding carboxylic acids is 1. The molecule has 96 valence electrons. The van der Waals surface area contributed by atoms with Crippen molar-refractivity contribution in [1.82, 2.24) is 25.1 Å². The van der Waals surface area contributed by atoms with Crippen LogP contribution in [0, 0.1) is 0 Å². The minimum absolute atomic E-state index is 0.142. The van der Waals surface area contributed by atoms with E-state index in [0.29, 0.717) is 11.4 Å². The number of rotatable bonds is 3. The van der Waals surface area contributed by atoms with E-state index >= 15 is 0 Å². The second-order valence-corrected chi connectivity index (χ2v) is 5.74. The van der Waals surface area contributed by atoms with Gasteiger partial charge in [0.05, 0.1) is 11.9 Å². The molecule has 0 fully saturated rings. The lowest BCUT2D eigenvalue weighted by Gasteiger charge is -2.16. The van der Waals surface area contributed by atoms with Crippen molar-refractivity contribution in [3.8, 4) is 0 Å². The van der Waals surface area contributed by atoms with Gasteiger partial charge < -0.3 is 5.32 Å². The Morgan fingerprint density at radius 2 is 2.28 bits per heavy atom. The van der Waals surface area contributed by atoms with Crippen molar-refractivity contribution < 1.29 is 4.79 Å². The molecule has 2 heterocycles. The van der Waals surface area contributed by atoms with Crippen LogP contribution < -0.4 is 5.32 Å². The topological polar surface area (TPSA) is 83.6 Å². The Kier molecular flexibility index (Phi) is 3.42. The van der Waals surface area contributed by atoms with Gasteiger partial charge in [0.1, 0.15) is 4.88 Å². The Balaban J connectivity index is 2.08. The maximum absolute atomic E-state index is 12.1. The Hall–Kier alpha value is -1.76. The molecule has 0 spiro atoms. The fourth-order valence-corrected chi connectivity index (χ4v) is 2.26. The zero-order valence-electron chi connectivity index (χ0n) is 10.5. The summed E-state index contributed by atoms with van der Waals surface area (Å²) in [5, 5.41) is 13.4. The molecular weight excluding hydrogens is 250 g/mol. The van der Waals surface area contributed by atoms with Gasteiger partial charge in [0, 0.05) is 23.7 Å². The SMILES string of the molecule is CC(C)(C)c1nnsc1C(=O)NCc1cn[nH]c1. The van der Waals surface area contributed by atoms with Gasteiger partial charge >= 0.3 is 0 Å². The molecule has 2 rings (SSSR count). The minimum Gasteiger partial charge on any atom is -0.347 e. The molecule has 0 radical (unpaired) electrons. The van der Waals surface area contributed by atoms with Crippen molar-refractivity contribution in [2.24, 2.45) is 0 Å². The Labute approximate surface area is 109 Å². The largest absolute Gasteiger partial charge is 0.347 e. The standard InChI is InChI=1S/C11H15N5OS/c1-11(2,3)9-8(18-16-15-9)10(17)12-4-7-5-13-14-6-7/h5-6H,4H2,1-3H3,(H,12,17)(H,13,14). The number of nitrogens with one attached hydrogen (secondary N) is 2. The Morgan fingerprint density at radius 1 is 1.50 bits per heavy atom. The van der Waals surface area contributed by atoms with E-state index in [4.69, 9.17) is 0 Å². The highest BCUT2D eigenvalue weighted by Crippen LogP contribution is 2.25. The number of nitrogens with zero attached hydrogens (tertiary/aromatic N) is 3.